The van der Waals surface area contributed by atoms with Gasteiger partial charge < -0.3 is 9.80 Å². The molecule has 0 spiro atoms. The summed E-state index contributed by atoms with van der Waals surface area (Å²) in [7, 11) is 2.08. The first-order valence-electron chi connectivity index (χ1n) is 6.44. The SMILES string of the molecule is C[C@H]1CN(C)CCN1C(=O)c1cn2cccnc2n1. The van der Waals surface area contributed by atoms with Crippen molar-refractivity contribution < 1.29 is 4.79 Å². The lowest BCUT2D eigenvalue weighted by Gasteiger charge is -2.37. The monoisotopic (exact) mass is 259 g/mol. The minimum atomic E-state index is -0.00824. The van der Waals surface area contributed by atoms with E-state index in [0.29, 0.717) is 11.5 Å². The van der Waals surface area contributed by atoms with Gasteiger partial charge >= 0.3 is 0 Å². The second-order valence-electron chi connectivity index (χ2n) is 5.06. The Kier molecular flexibility index (Phi) is 2.94. The molecule has 0 aliphatic carbocycles. The van der Waals surface area contributed by atoms with Gasteiger partial charge in [0.15, 0.2) is 0 Å². The standard InChI is InChI=1S/C13H17N5O/c1-10-8-16(2)6-7-18(10)12(19)11-9-17-5-3-4-14-13(17)15-11/h3-5,9-10H,6-8H2,1-2H3/t10-/m0/s1. The van der Waals surface area contributed by atoms with Crippen LogP contribution >= 0.6 is 0 Å². The van der Waals surface area contributed by atoms with E-state index in [1.807, 2.05) is 17.2 Å². The number of hydrogen-bond donors (Lipinski definition) is 0. The number of likely N-dealkylation sites (N-methyl/N-ethyl adjacent to an activating group) is 1. The summed E-state index contributed by atoms with van der Waals surface area (Å²) in [6.07, 6.45) is 5.27. The molecule has 1 saturated heterocycles. The zero-order valence-electron chi connectivity index (χ0n) is 11.2. The van der Waals surface area contributed by atoms with Crippen LogP contribution in [0.25, 0.3) is 5.78 Å². The number of fused-ring (bicyclic) bond motifs is 1. The first kappa shape index (κ1) is 12.1. The van der Waals surface area contributed by atoms with Gasteiger partial charge in [0.1, 0.15) is 5.69 Å². The average molecular weight is 259 g/mol. The number of piperazine rings is 1. The van der Waals surface area contributed by atoms with Crippen molar-refractivity contribution >= 4 is 11.7 Å². The third kappa shape index (κ3) is 2.19. The summed E-state index contributed by atoms with van der Waals surface area (Å²) >= 11 is 0. The highest BCUT2D eigenvalue weighted by molar-refractivity contribution is 5.93. The van der Waals surface area contributed by atoms with Crippen LogP contribution in [0.1, 0.15) is 17.4 Å². The van der Waals surface area contributed by atoms with Gasteiger partial charge in [0.05, 0.1) is 0 Å². The number of amides is 1. The Morgan fingerprint density at radius 1 is 1.42 bits per heavy atom. The Hall–Kier alpha value is -1.95. The first-order chi connectivity index (χ1) is 9.15. The molecular weight excluding hydrogens is 242 g/mol. The van der Waals surface area contributed by atoms with Crippen LogP contribution in [0.2, 0.25) is 0 Å². The third-order valence-electron chi connectivity index (χ3n) is 3.55. The fraction of sp³-hybridized carbons (Fsp3) is 0.462. The smallest absolute Gasteiger partial charge is 0.274 e. The predicted octanol–water partition coefficient (Wildman–Crippen LogP) is 0.505. The van der Waals surface area contributed by atoms with Crippen molar-refractivity contribution in [3.05, 3.63) is 30.4 Å². The molecule has 3 heterocycles. The Morgan fingerprint density at radius 3 is 3.00 bits per heavy atom. The van der Waals surface area contributed by atoms with Gasteiger partial charge in [0.2, 0.25) is 5.78 Å². The molecule has 3 rings (SSSR count). The zero-order valence-corrected chi connectivity index (χ0v) is 11.2. The van der Waals surface area contributed by atoms with Gasteiger partial charge in [0.25, 0.3) is 5.91 Å². The molecule has 6 heteroatoms. The number of aromatic nitrogens is 3. The topological polar surface area (TPSA) is 53.7 Å². The minimum absolute atomic E-state index is 0.00824. The molecule has 0 unspecified atom stereocenters. The van der Waals surface area contributed by atoms with Crippen molar-refractivity contribution in [3.8, 4) is 0 Å². The lowest BCUT2D eigenvalue weighted by atomic mass is 10.2. The second-order valence-corrected chi connectivity index (χ2v) is 5.06. The van der Waals surface area contributed by atoms with Crippen LogP contribution in [0.15, 0.2) is 24.7 Å². The minimum Gasteiger partial charge on any atom is -0.332 e. The van der Waals surface area contributed by atoms with Crippen LogP contribution in [0.3, 0.4) is 0 Å². The Morgan fingerprint density at radius 2 is 2.26 bits per heavy atom. The molecule has 1 atom stereocenters. The maximum absolute atomic E-state index is 12.5. The van der Waals surface area contributed by atoms with Gasteiger partial charge in [0, 0.05) is 44.3 Å². The van der Waals surface area contributed by atoms with Gasteiger partial charge in [-0.3, -0.25) is 9.20 Å². The van der Waals surface area contributed by atoms with Gasteiger partial charge in [-0.1, -0.05) is 0 Å². The van der Waals surface area contributed by atoms with Crippen LogP contribution in [0.5, 0.6) is 0 Å². The Balaban J connectivity index is 1.87. The number of carbonyl (C=O) groups excluding carboxylic acids is 1. The van der Waals surface area contributed by atoms with Crippen LogP contribution in [-0.2, 0) is 0 Å². The van der Waals surface area contributed by atoms with E-state index in [1.165, 1.54) is 0 Å². The van der Waals surface area contributed by atoms with E-state index in [0.717, 1.165) is 19.6 Å². The molecule has 0 N–H and O–H groups in total. The second kappa shape index (κ2) is 4.62. The maximum Gasteiger partial charge on any atom is 0.274 e. The van der Waals surface area contributed by atoms with Gasteiger partial charge in [-0.15, -0.1) is 0 Å². The van der Waals surface area contributed by atoms with E-state index in [4.69, 9.17) is 0 Å². The average Bonchev–Trinajstić information content (AvgIpc) is 2.81. The van der Waals surface area contributed by atoms with Crippen molar-refractivity contribution in [1.29, 1.82) is 0 Å². The highest BCUT2D eigenvalue weighted by Gasteiger charge is 2.27. The summed E-state index contributed by atoms with van der Waals surface area (Å²) in [6.45, 7) is 4.62. The van der Waals surface area contributed by atoms with Crippen LogP contribution in [0, 0.1) is 0 Å². The largest absolute Gasteiger partial charge is 0.332 e. The first-order valence-corrected chi connectivity index (χ1v) is 6.44. The Labute approximate surface area is 111 Å². The molecule has 1 aliphatic rings. The predicted molar refractivity (Wildman–Crippen MR) is 71.0 cm³/mol. The van der Waals surface area contributed by atoms with E-state index in [1.54, 1.807) is 16.8 Å². The number of carbonyl (C=O) groups is 1. The van der Waals surface area contributed by atoms with Crippen molar-refractivity contribution in [3.63, 3.8) is 0 Å². The molecule has 19 heavy (non-hydrogen) atoms. The molecule has 1 aliphatic heterocycles. The molecule has 100 valence electrons. The number of hydrogen-bond acceptors (Lipinski definition) is 4. The molecular formula is C13H17N5O. The van der Waals surface area contributed by atoms with E-state index in [9.17, 15) is 4.79 Å². The molecule has 6 nitrogen and oxygen atoms in total. The number of rotatable bonds is 1. The zero-order chi connectivity index (χ0) is 13.4. The van der Waals surface area contributed by atoms with Crippen molar-refractivity contribution in [2.45, 2.75) is 13.0 Å². The number of imidazole rings is 1. The molecule has 0 saturated carbocycles. The Bertz CT molecular complexity index is 575. The molecule has 1 amide bonds. The van der Waals surface area contributed by atoms with Crippen LogP contribution < -0.4 is 0 Å². The third-order valence-corrected chi connectivity index (χ3v) is 3.55. The van der Waals surface area contributed by atoms with Gasteiger partial charge in [-0.25, -0.2) is 9.97 Å². The molecule has 0 radical (unpaired) electrons. The summed E-state index contributed by atoms with van der Waals surface area (Å²) in [4.78, 5) is 25.0. The lowest BCUT2D eigenvalue weighted by molar-refractivity contribution is 0.0528. The molecule has 2 aromatic heterocycles. The molecule has 2 aromatic rings. The molecule has 1 fully saturated rings. The van der Waals surface area contributed by atoms with E-state index < -0.39 is 0 Å². The fourth-order valence-corrected chi connectivity index (χ4v) is 2.52. The van der Waals surface area contributed by atoms with Crippen molar-refractivity contribution in [2.75, 3.05) is 26.7 Å². The summed E-state index contributed by atoms with van der Waals surface area (Å²) in [5.74, 6) is 0.554. The van der Waals surface area contributed by atoms with Gasteiger partial charge in [-0.05, 0) is 20.0 Å². The van der Waals surface area contributed by atoms with Crippen LogP contribution in [0.4, 0.5) is 0 Å². The maximum atomic E-state index is 12.5. The quantitative estimate of drug-likeness (QED) is 0.748. The summed E-state index contributed by atoms with van der Waals surface area (Å²) in [5.41, 5.74) is 0.468. The summed E-state index contributed by atoms with van der Waals surface area (Å²) in [6, 6.07) is 2.03. The van der Waals surface area contributed by atoms with E-state index >= 15 is 0 Å². The summed E-state index contributed by atoms with van der Waals surface area (Å²) < 4.78 is 1.77. The highest BCUT2D eigenvalue weighted by Crippen LogP contribution is 2.13. The van der Waals surface area contributed by atoms with Crippen molar-refractivity contribution in [2.24, 2.45) is 0 Å². The fourth-order valence-electron chi connectivity index (χ4n) is 2.52. The summed E-state index contributed by atoms with van der Waals surface area (Å²) in [5, 5.41) is 0. The number of nitrogens with zero attached hydrogens (tertiary/aromatic N) is 5. The highest BCUT2D eigenvalue weighted by atomic mass is 16.2. The van der Waals surface area contributed by atoms with Crippen molar-refractivity contribution in [1.82, 2.24) is 24.2 Å². The van der Waals surface area contributed by atoms with Gasteiger partial charge in [-0.2, -0.15) is 0 Å². The van der Waals surface area contributed by atoms with Crippen LogP contribution in [-0.4, -0.2) is 62.8 Å². The molecule has 0 bridgehead atoms. The normalized spacial score (nSPS) is 20.9. The lowest BCUT2D eigenvalue weighted by Crippen LogP contribution is -2.52. The van der Waals surface area contributed by atoms with E-state index in [2.05, 4.69) is 28.8 Å². The molecule has 0 aromatic carbocycles. The van der Waals surface area contributed by atoms with E-state index in [-0.39, 0.29) is 11.9 Å².